The number of amides is 3. The van der Waals surface area contributed by atoms with E-state index in [1.165, 1.54) is 0 Å². The van der Waals surface area contributed by atoms with Crippen LogP contribution in [0.4, 0.5) is 4.79 Å². The molecule has 3 amide bonds. The third-order valence-corrected chi connectivity index (χ3v) is 4.47. The molecule has 3 rings (SSSR count). The van der Waals surface area contributed by atoms with Crippen molar-refractivity contribution < 1.29 is 14.1 Å². The lowest BCUT2D eigenvalue weighted by Gasteiger charge is -2.32. The molecule has 26 heavy (non-hydrogen) atoms. The summed E-state index contributed by atoms with van der Waals surface area (Å²) in [7, 11) is 0. The summed E-state index contributed by atoms with van der Waals surface area (Å²) in [5.41, 5.74) is 1.65. The van der Waals surface area contributed by atoms with Gasteiger partial charge in [0.25, 0.3) is 5.91 Å². The maximum Gasteiger partial charge on any atom is 0.317 e. The number of piperidine rings is 1. The second kappa shape index (κ2) is 7.99. The lowest BCUT2D eigenvalue weighted by Crippen LogP contribution is -2.49. The van der Waals surface area contributed by atoms with Crippen LogP contribution in [0.1, 0.15) is 40.5 Å². The van der Waals surface area contributed by atoms with Gasteiger partial charge in [0.15, 0.2) is 5.82 Å². The third kappa shape index (κ3) is 4.38. The van der Waals surface area contributed by atoms with Gasteiger partial charge < -0.3 is 20.1 Å². The summed E-state index contributed by atoms with van der Waals surface area (Å²) in [5, 5.41) is 9.60. The number of carbonyl (C=O) groups excluding carboxylic acids is 2. The number of carbonyl (C=O) groups is 2. The molecule has 2 aromatic rings. The normalized spacial score (nSPS) is 14.9. The SMILES string of the molecule is Cc1nc(CNC(=O)N2CCC(NC(=O)c3ccccc3C)CC2)no1. The Morgan fingerprint density at radius 1 is 1.23 bits per heavy atom. The minimum Gasteiger partial charge on any atom is -0.349 e. The van der Waals surface area contributed by atoms with E-state index < -0.39 is 0 Å². The number of urea groups is 1. The quantitative estimate of drug-likeness (QED) is 0.869. The maximum absolute atomic E-state index is 12.4. The van der Waals surface area contributed by atoms with Crippen LogP contribution >= 0.6 is 0 Å². The number of rotatable bonds is 4. The van der Waals surface area contributed by atoms with E-state index in [2.05, 4.69) is 20.8 Å². The van der Waals surface area contributed by atoms with Crippen molar-refractivity contribution in [1.29, 1.82) is 0 Å². The summed E-state index contributed by atoms with van der Waals surface area (Å²) in [6, 6.07) is 7.45. The van der Waals surface area contributed by atoms with Gasteiger partial charge in [-0.15, -0.1) is 0 Å². The van der Waals surface area contributed by atoms with Crippen LogP contribution in [0.2, 0.25) is 0 Å². The van der Waals surface area contributed by atoms with E-state index in [1.807, 2.05) is 31.2 Å². The summed E-state index contributed by atoms with van der Waals surface area (Å²) in [5.74, 6) is 0.870. The molecular weight excluding hydrogens is 334 g/mol. The molecule has 2 heterocycles. The molecule has 2 N–H and O–H groups in total. The van der Waals surface area contributed by atoms with Gasteiger partial charge in [-0.05, 0) is 31.4 Å². The molecule has 0 unspecified atom stereocenters. The first kappa shape index (κ1) is 17.9. The van der Waals surface area contributed by atoms with Crippen molar-refractivity contribution in [2.24, 2.45) is 0 Å². The Kier molecular flexibility index (Phi) is 5.50. The first-order valence-corrected chi connectivity index (χ1v) is 8.71. The summed E-state index contributed by atoms with van der Waals surface area (Å²) in [4.78, 5) is 30.4. The van der Waals surface area contributed by atoms with Crippen molar-refractivity contribution in [3.05, 3.63) is 47.1 Å². The minimum atomic E-state index is -0.156. The first-order valence-electron chi connectivity index (χ1n) is 8.71. The van der Waals surface area contributed by atoms with Gasteiger partial charge in [-0.2, -0.15) is 4.98 Å². The van der Waals surface area contributed by atoms with Crippen LogP contribution in [-0.2, 0) is 6.54 Å². The highest BCUT2D eigenvalue weighted by Crippen LogP contribution is 2.13. The molecule has 0 saturated carbocycles. The van der Waals surface area contributed by atoms with Crippen LogP contribution in [0.25, 0.3) is 0 Å². The van der Waals surface area contributed by atoms with Gasteiger partial charge in [0.05, 0.1) is 6.54 Å². The largest absolute Gasteiger partial charge is 0.349 e. The second-order valence-electron chi connectivity index (χ2n) is 6.44. The van der Waals surface area contributed by atoms with Gasteiger partial charge in [0.2, 0.25) is 5.89 Å². The first-order chi connectivity index (χ1) is 12.5. The Bertz CT molecular complexity index is 781. The third-order valence-electron chi connectivity index (χ3n) is 4.47. The number of aryl methyl sites for hydroxylation is 2. The van der Waals surface area contributed by atoms with Gasteiger partial charge in [-0.25, -0.2) is 4.79 Å². The van der Waals surface area contributed by atoms with Crippen LogP contribution in [0.15, 0.2) is 28.8 Å². The van der Waals surface area contributed by atoms with Gasteiger partial charge in [-0.3, -0.25) is 4.79 Å². The molecule has 1 aliphatic rings. The van der Waals surface area contributed by atoms with Crippen LogP contribution in [0.3, 0.4) is 0 Å². The smallest absolute Gasteiger partial charge is 0.317 e. The lowest BCUT2D eigenvalue weighted by molar-refractivity contribution is 0.0917. The molecule has 0 atom stereocenters. The van der Waals surface area contributed by atoms with E-state index >= 15 is 0 Å². The van der Waals surface area contributed by atoms with Crippen LogP contribution in [0, 0.1) is 13.8 Å². The van der Waals surface area contributed by atoms with Crippen molar-refractivity contribution in [2.45, 2.75) is 39.3 Å². The Hall–Kier alpha value is -2.90. The minimum absolute atomic E-state index is 0.0570. The summed E-state index contributed by atoms with van der Waals surface area (Å²) >= 11 is 0. The number of aromatic nitrogens is 2. The Labute approximate surface area is 151 Å². The summed E-state index contributed by atoms with van der Waals surface area (Å²) in [6.45, 7) is 5.05. The molecule has 1 aromatic heterocycles. The molecule has 1 aliphatic heterocycles. The van der Waals surface area contributed by atoms with E-state index in [4.69, 9.17) is 4.52 Å². The highest BCUT2D eigenvalue weighted by Gasteiger charge is 2.24. The Morgan fingerprint density at radius 2 is 1.96 bits per heavy atom. The van der Waals surface area contributed by atoms with E-state index in [0.717, 1.165) is 18.4 Å². The van der Waals surface area contributed by atoms with Crippen molar-refractivity contribution >= 4 is 11.9 Å². The van der Waals surface area contributed by atoms with Crippen LogP contribution in [-0.4, -0.2) is 46.1 Å². The zero-order valence-corrected chi connectivity index (χ0v) is 15.0. The molecule has 1 aromatic carbocycles. The number of benzene rings is 1. The second-order valence-corrected chi connectivity index (χ2v) is 6.44. The highest BCUT2D eigenvalue weighted by atomic mass is 16.5. The van der Waals surface area contributed by atoms with Gasteiger partial charge in [-0.1, -0.05) is 23.4 Å². The fourth-order valence-electron chi connectivity index (χ4n) is 3.00. The van der Waals surface area contributed by atoms with Crippen molar-refractivity contribution in [1.82, 2.24) is 25.7 Å². The average molecular weight is 357 g/mol. The number of nitrogens with one attached hydrogen (secondary N) is 2. The molecule has 0 bridgehead atoms. The zero-order chi connectivity index (χ0) is 18.5. The van der Waals surface area contributed by atoms with Gasteiger partial charge >= 0.3 is 6.03 Å². The van der Waals surface area contributed by atoms with E-state index in [1.54, 1.807) is 11.8 Å². The van der Waals surface area contributed by atoms with E-state index in [9.17, 15) is 9.59 Å². The van der Waals surface area contributed by atoms with E-state index in [0.29, 0.717) is 30.4 Å². The summed E-state index contributed by atoms with van der Waals surface area (Å²) in [6.07, 6.45) is 1.46. The topological polar surface area (TPSA) is 100 Å². The highest BCUT2D eigenvalue weighted by molar-refractivity contribution is 5.95. The standard InChI is InChI=1S/C18H23N5O3/c1-12-5-3-4-6-15(12)17(24)21-14-7-9-23(10-8-14)18(25)19-11-16-20-13(2)26-22-16/h3-6,14H,7-11H2,1-2H3,(H,19,25)(H,21,24). The maximum atomic E-state index is 12.4. The van der Waals surface area contributed by atoms with Crippen molar-refractivity contribution in [2.75, 3.05) is 13.1 Å². The predicted molar refractivity (Wildman–Crippen MR) is 94.5 cm³/mol. The van der Waals surface area contributed by atoms with Gasteiger partial charge in [0, 0.05) is 31.6 Å². The lowest BCUT2D eigenvalue weighted by atomic mass is 10.0. The van der Waals surface area contributed by atoms with Gasteiger partial charge in [0.1, 0.15) is 0 Å². The fraction of sp³-hybridized carbons (Fsp3) is 0.444. The molecule has 8 nitrogen and oxygen atoms in total. The summed E-state index contributed by atoms with van der Waals surface area (Å²) < 4.78 is 4.87. The molecule has 0 spiro atoms. The molecule has 0 radical (unpaired) electrons. The molecule has 1 fully saturated rings. The molecule has 1 saturated heterocycles. The number of nitrogens with zero attached hydrogens (tertiary/aromatic N) is 3. The van der Waals surface area contributed by atoms with Crippen LogP contribution < -0.4 is 10.6 Å². The van der Waals surface area contributed by atoms with Crippen LogP contribution in [0.5, 0.6) is 0 Å². The zero-order valence-electron chi connectivity index (χ0n) is 15.0. The Morgan fingerprint density at radius 3 is 2.62 bits per heavy atom. The fourth-order valence-corrected chi connectivity index (χ4v) is 3.00. The molecular formula is C18H23N5O3. The number of hydrogen-bond donors (Lipinski definition) is 2. The number of likely N-dealkylation sites (tertiary alicyclic amines) is 1. The average Bonchev–Trinajstić information content (AvgIpc) is 3.06. The number of hydrogen-bond acceptors (Lipinski definition) is 5. The van der Waals surface area contributed by atoms with Crippen molar-refractivity contribution in [3.63, 3.8) is 0 Å². The Balaban J connectivity index is 1.44. The molecule has 138 valence electrons. The van der Waals surface area contributed by atoms with Crippen molar-refractivity contribution in [3.8, 4) is 0 Å². The van der Waals surface area contributed by atoms with E-state index in [-0.39, 0.29) is 24.5 Å². The monoisotopic (exact) mass is 357 g/mol. The molecule has 0 aliphatic carbocycles. The predicted octanol–water partition coefficient (Wildman–Crippen LogP) is 1.79. The molecule has 8 heteroatoms.